The summed E-state index contributed by atoms with van der Waals surface area (Å²) in [6, 6.07) is 1.34. The summed E-state index contributed by atoms with van der Waals surface area (Å²) >= 11 is 0. The van der Waals surface area contributed by atoms with Gasteiger partial charge in [-0.3, -0.25) is 8.78 Å². The monoisotopic (exact) mass is 282 g/mol. The van der Waals surface area contributed by atoms with Gasteiger partial charge in [0, 0.05) is 40.5 Å². The summed E-state index contributed by atoms with van der Waals surface area (Å²) in [7, 11) is 0. The molecular weight excluding hydrogens is 274 g/mol. The molecule has 2 nitrogen and oxygen atoms in total. The maximum Gasteiger partial charge on any atom is 0.0689 e. The average Bonchev–Trinajstić information content (AvgIpc) is 2.28. The molecule has 92 valence electrons. The van der Waals surface area contributed by atoms with Gasteiger partial charge >= 0.3 is 0 Å². The van der Waals surface area contributed by atoms with E-state index >= 15 is 0 Å². The zero-order valence-electron chi connectivity index (χ0n) is 8.70. The summed E-state index contributed by atoms with van der Waals surface area (Å²) in [5, 5.41) is 0. The largest absolute Gasteiger partial charge is 0.383 e. The van der Waals surface area contributed by atoms with E-state index in [0.29, 0.717) is 0 Å². The Morgan fingerprint density at radius 1 is 0.941 bits per heavy atom. The zero-order chi connectivity index (χ0) is 11.7. The van der Waals surface area contributed by atoms with Crippen molar-refractivity contribution in [3.63, 3.8) is 0 Å². The number of hydrogen-bond donors (Lipinski definition) is 0. The second kappa shape index (κ2) is 5.84. The van der Waals surface area contributed by atoms with E-state index in [4.69, 9.17) is 4.74 Å². The first-order valence-electron chi connectivity index (χ1n) is 4.69. The van der Waals surface area contributed by atoms with Crippen LogP contribution in [0.3, 0.4) is 0 Å². The quantitative estimate of drug-likeness (QED) is 0.337. The Hall–Kier alpha value is -0.586. The minimum Gasteiger partial charge on any atom is -0.383 e. The van der Waals surface area contributed by atoms with Crippen LogP contribution in [0.2, 0.25) is 0 Å². The number of rotatable bonds is 1. The van der Waals surface area contributed by atoms with Crippen LogP contribution in [0.1, 0.15) is 0 Å². The van der Waals surface area contributed by atoms with Crippen LogP contribution in [0.25, 0.3) is 0 Å². The van der Waals surface area contributed by atoms with Crippen molar-refractivity contribution in [2.45, 2.75) is 0 Å². The number of morpholine rings is 1. The van der Waals surface area contributed by atoms with Crippen LogP contribution in [-0.2, 0) is 26.5 Å². The van der Waals surface area contributed by atoms with Crippen LogP contribution in [-0.4, -0.2) is 26.3 Å². The average molecular weight is 282 g/mol. The first-order valence-corrected chi connectivity index (χ1v) is 4.69. The van der Waals surface area contributed by atoms with Crippen molar-refractivity contribution in [3.05, 3.63) is 29.3 Å². The molecule has 0 atom stereocenters. The van der Waals surface area contributed by atoms with E-state index in [1.165, 1.54) is 11.0 Å². The van der Waals surface area contributed by atoms with E-state index in [0.717, 1.165) is 0 Å². The third-order valence-corrected chi connectivity index (χ3v) is 2.35. The van der Waals surface area contributed by atoms with Gasteiger partial charge in [0.2, 0.25) is 0 Å². The van der Waals surface area contributed by atoms with Gasteiger partial charge < -0.3 is 9.64 Å². The van der Waals surface area contributed by atoms with Gasteiger partial charge in [0.25, 0.3) is 0 Å². The molecular formula is C10H8F4NOTi-. The predicted molar refractivity (Wildman–Crippen MR) is 48.1 cm³/mol. The van der Waals surface area contributed by atoms with Crippen molar-refractivity contribution in [2.24, 2.45) is 0 Å². The van der Waals surface area contributed by atoms with E-state index < -0.39 is 29.0 Å². The van der Waals surface area contributed by atoms with Crippen LogP contribution in [0.5, 0.6) is 0 Å². The van der Waals surface area contributed by atoms with Crippen LogP contribution in [0.4, 0.5) is 23.2 Å². The fourth-order valence-corrected chi connectivity index (χ4v) is 1.57. The Balaban J connectivity index is 0.00000144. The number of halogens is 4. The fourth-order valence-electron chi connectivity index (χ4n) is 1.57. The van der Waals surface area contributed by atoms with E-state index in [9.17, 15) is 17.6 Å². The molecule has 1 aromatic carbocycles. The molecule has 1 aliphatic rings. The summed E-state index contributed by atoms with van der Waals surface area (Å²) in [5.74, 6) is -5.86. The third-order valence-electron chi connectivity index (χ3n) is 2.35. The standard InChI is InChI=1S/C10H8F4NO.Ti/c11-6-5-7(12)9(14)10(8(6)13)15-1-3-16-4-2-15;/h1-4H2;/q-1;. The normalized spacial score (nSPS) is 15.6. The number of ether oxygens (including phenoxy) is 1. The molecule has 0 aliphatic carbocycles. The van der Waals surface area contributed by atoms with E-state index in [2.05, 4.69) is 0 Å². The second-order valence-electron chi connectivity index (χ2n) is 3.33. The summed E-state index contributed by atoms with van der Waals surface area (Å²) in [5.41, 5.74) is -0.683. The first-order chi connectivity index (χ1) is 7.61. The molecule has 0 N–H and O–H groups in total. The van der Waals surface area contributed by atoms with Crippen LogP contribution in [0, 0.1) is 29.3 Å². The van der Waals surface area contributed by atoms with Crippen molar-refractivity contribution in [1.82, 2.24) is 0 Å². The molecule has 0 unspecified atom stereocenters. The Morgan fingerprint density at radius 3 is 1.88 bits per heavy atom. The van der Waals surface area contributed by atoms with E-state index in [-0.39, 0.29) is 48.0 Å². The molecule has 7 heteroatoms. The molecule has 0 amide bonds. The third kappa shape index (κ3) is 2.81. The molecule has 2 rings (SSSR count). The van der Waals surface area contributed by atoms with Crippen LogP contribution < -0.4 is 4.90 Å². The molecule has 1 saturated heterocycles. The van der Waals surface area contributed by atoms with E-state index in [1.807, 2.05) is 0 Å². The second-order valence-corrected chi connectivity index (χ2v) is 3.33. The smallest absolute Gasteiger partial charge is 0.0689 e. The minimum absolute atomic E-state index is 0. The molecule has 1 aromatic rings. The topological polar surface area (TPSA) is 12.5 Å². The molecule has 0 aromatic heterocycles. The maximum absolute atomic E-state index is 13.3. The van der Waals surface area contributed by atoms with Gasteiger partial charge in [-0.05, 0) is 0 Å². The Morgan fingerprint density at radius 2 is 1.41 bits per heavy atom. The molecule has 1 aliphatic heterocycles. The summed E-state index contributed by atoms with van der Waals surface area (Å²) in [6.45, 7) is 0.912. The molecule has 1 fully saturated rings. The summed E-state index contributed by atoms with van der Waals surface area (Å²) < 4.78 is 57.4. The van der Waals surface area contributed by atoms with Gasteiger partial charge in [-0.25, -0.2) is 8.78 Å². The molecule has 1 heterocycles. The Kier molecular flexibility index (Phi) is 4.97. The van der Waals surface area contributed by atoms with Gasteiger partial charge in [-0.15, -0.1) is 6.07 Å². The Labute approximate surface area is 110 Å². The first kappa shape index (κ1) is 14.5. The van der Waals surface area contributed by atoms with Crippen molar-refractivity contribution >= 4 is 5.69 Å². The van der Waals surface area contributed by atoms with Crippen molar-refractivity contribution < 1.29 is 44.0 Å². The maximum atomic E-state index is 13.3. The molecule has 0 radical (unpaired) electrons. The van der Waals surface area contributed by atoms with Gasteiger partial charge in [0.05, 0.1) is 36.5 Å². The van der Waals surface area contributed by atoms with Gasteiger partial charge in [-0.1, -0.05) is 0 Å². The van der Waals surface area contributed by atoms with Crippen molar-refractivity contribution in [2.75, 3.05) is 31.2 Å². The SMILES string of the molecule is Fc1[c-]c(F)c(F)c(N2CCOCC2)c1F.[Ti]. The van der Waals surface area contributed by atoms with E-state index in [1.54, 1.807) is 0 Å². The molecule has 0 saturated carbocycles. The molecule has 0 spiro atoms. The van der Waals surface area contributed by atoms with Crippen molar-refractivity contribution in [3.8, 4) is 0 Å². The summed E-state index contributed by atoms with van der Waals surface area (Å²) in [6.07, 6.45) is 0. The van der Waals surface area contributed by atoms with Gasteiger partial charge in [0.1, 0.15) is 0 Å². The number of benzene rings is 1. The fraction of sp³-hybridized carbons (Fsp3) is 0.400. The van der Waals surface area contributed by atoms with Crippen molar-refractivity contribution in [1.29, 1.82) is 0 Å². The summed E-state index contributed by atoms with van der Waals surface area (Å²) in [4.78, 5) is 1.22. The number of anilines is 1. The molecule has 17 heavy (non-hydrogen) atoms. The minimum atomic E-state index is -1.51. The number of nitrogens with zero attached hydrogens (tertiary/aromatic N) is 1. The van der Waals surface area contributed by atoms with Crippen LogP contribution >= 0.6 is 0 Å². The van der Waals surface area contributed by atoms with Crippen LogP contribution in [0.15, 0.2) is 0 Å². The zero-order valence-corrected chi connectivity index (χ0v) is 10.3. The number of hydrogen-bond acceptors (Lipinski definition) is 2. The van der Waals surface area contributed by atoms with Gasteiger partial charge in [-0.2, -0.15) is 0 Å². The Bertz CT molecular complexity index is 384. The predicted octanol–water partition coefficient (Wildman–Crippen LogP) is 1.88. The molecule has 0 bridgehead atoms. The van der Waals surface area contributed by atoms with Gasteiger partial charge in [0.15, 0.2) is 0 Å².